The lowest BCUT2D eigenvalue weighted by atomic mass is 9.82. The highest BCUT2D eigenvalue weighted by Crippen LogP contribution is 2.38. The number of thioether (sulfide) groups is 1. The maximum atomic E-state index is 9.62. The largest absolute Gasteiger partial charge is 0.297 e. The summed E-state index contributed by atoms with van der Waals surface area (Å²) in [4.78, 5) is 0. The first-order valence-electron chi connectivity index (χ1n) is 7.74. The van der Waals surface area contributed by atoms with Gasteiger partial charge in [0.25, 0.3) is 0 Å². The van der Waals surface area contributed by atoms with Crippen LogP contribution in [0.2, 0.25) is 5.02 Å². The molecule has 0 amide bonds. The zero-order valence-corrected chi connectivity index (χ0v) is 13.7. The summed E-state index contributed by atoms with van der Waals surface area (Å²) in [6.45, 7) is 0. The van der Waals surface area contributed by atoms with E-state index >= 15 is 0 Å². The van der Waals surface area contributed by atoms with Crippen molar-refractivity contribution in [3.8, 4) is 6.07 Å². The first kappa shape index (κ1) is 15.2. The SMILES string of the molecule is N#CC1(NC2CC2)CCCC(SCc2ccc(Cl)cc2)C1. The summed E-state index contributed by atoms with van der Waals surface area (Å²) in [6, 6.07) is 11.3. The monoisotopic (exact) mass is 320 g/mol. The predicted molar refractivity (Wildman–Crippen MR) is 89.5 cm³/mol. The Morgan fingerprint density at radius 2 is 2.05 bits per heavy atom. The number of nitrogens with one attached hydrogen (secondary N) is 1. The Bertz CT molecular complexity index is 521. The smallest absolute Gasteiger partial charge is 0.108 e. The summed E-state index contributed by atoms with van der Waals surface area (Å²) < 4.78 is 0. The van der Waals surface area contributed by atoms with Gasteiger partial charge in [-0.3, -0.25) is 5.32 Å². The summed E-state index contributed by atoms with van der Waals surface area (Å²) in [5.74, 6) is 1.01. The van der Waals surface area contributed by atoms with E-state index in [1.165, 1.54) is 24.8 Å². The van der Waals surface area contributed by atoms with Crippen LogP contribution in [0.15, 0.2) is 24.3 Å². The Labute approximate surface area is 136 Å². The van der Waals surface area contributed by atoms with Crippen LogP contribution >= 0.6 is 23.4 Å². The molecule has 0 aliphatic heterocycles. The van der Waals surface area contributed by atoms with Crippen LogP contribution in [0, 0.1) is 11.3 Å². The molecule has 2 nitrogen and oxygen atoms in total. The van der Waals surface area contributed by atoms with Gasteiger partial charge < -0.3 is 0 Å². The molecule has 1 aromatic carbocycles. The molecule has 0 heterocycles. The molecule has 0 bridgehead atoms. The number of benzene rings is 1. The first-order chi connectivity index (χ1) is 10.2. The fourth-order valence-electron chi connectivity index (χ4n) is 3.04. The Balaban J connectivity index is 1.55. The van der Waals surface area contributed by atoms with Gasteiger partial charge >= 0.3 is 0 Å². The van der Waals surface area contributed by atoms with Crippen LogP contribution in [0.4, 0.5) is 0 Å². The molecule has 21 heavy (non-hydrogen) atoms. The first-order valence-corrected chi connectivity index (χ1v) is 9.17. The molecule has 112 valence electrons. The number of nitriles is 1. The summed E-state index contributed by atoms with van der Waals surface area (Å²) in [5, 5.41) is 14.6. The van der Waals surface area contributed by atoms with Crippen molar-refractivity contribution in [1.82, 2.24) is 5.32 Å². The van der Waals surface area contributed by atoms with Gasteiger partial charge in [-0.25, -0.2) is 0 Å². The minimum atomic E-state index is -0.267. The van der Waals surface area contributed by atoms with Gasteiger partial charge in [0.2, 0.25) is 0 Å². The van der Waals surface area contributed by atoms with Crippen molar-refractivity contribution >= 4 is 23.4 Å². The molecule has 2 aliphatic carbocycles. The number of hydrogen-bond acceptors (Lipinski definition) is 3. The van der Waals surface area contributed by atoms with Crippen molar-refractivity contribution in [2.75, 3.05) is 0 Å². The summed E-state index contributed by atoms with van der Waals surface area (Å²) >= 11 is 7.91. The van der Waals surface area contributed by atoms with Crippen LogP contribution in [0.25, 0.3) is 0 Å². The van der Waals surface area contributed by atoms with Gasteiger partial charge in [0.15, 0.2) is 0 Å². The maximum absolute atomic E-state index is 9.62. The quantitative estimate of drug-likeness (QED) is 0.865. The molecular weight excluding hydrogens is 300 g/mol. The number of halogens is 1. The molecule has 1 N–H and O–H groups in total. The van der Waals surface area contributed by atoms with Crippen LogP contribution in [-0.4, -0.2) is 16.8 Å². The zero-order chi connectivity index (χ0) is 14.7. The van der Waals surface area contributed by atoms with Gasteiger partial charge in [-0.05, 0) is 56.2 Å². The summed E-state index contributed by atoms with van der Waals surface area (Å²) in [7, 11) is 0. The topological polar surface area (TPSA) is 35.8 Å². The standard InChI is InChI=1S/C17H21ClN2S/c18-14-5-3-13(4-6-14)11-21-16-2-1-9-17(10-16,12-19)20-15-7-8-15/h3-6,15-16,20H,1-2,7-11H2. The molecule has 2 unspecified atom stereocenters. The molecular formula is C17H21ClN2S. The zero-order valence-electron chi connectivity index (χ0n) is 12.1. The van der Waals surface area contributed by atoms with Gasteiger partial charge in [-0.2, -0.15) is 17.0 Å². The van der Waals surface area contributed by atoms with Crippen molar-refractivity contribution in [2.45, 2.75) is 61.1 Å². The second-order valence-corrected chi connectivity index (χ2v) is 7.99. The number of rotatable bonds is 5. The van der Waals surface area contributed by atoms with E-state index in [1.54, 1.807) is 0 Å². The van der Waals surface area contributed by atoms with Crippen molar-refractivity contribution in [3.05, 3.63) is 34.9 Å². The highest BCUT2D eigenvalue weighted by atomic mass is 35.5. The molecule has 0 radical (unpaired) electrons. The van der Waals surface area contributed by atoms with Crippen molar-refractivity contribution in [1.29, 1.82) is 5.26 Å². The van der Waals surface area contributed by atoms with E-state index in [-0.39, 0.29) is 5.54 Å². The van der Waals surface area contributed by atoms with Crippen LogP contribution in [0.3, 0.4) is 0 Å². The Morgan fingerprint density at radius 3 is 2.71 bits per heavy atom. The fraction of sp³-hybridized carbons (Fsp3) is 0.588. The molecule has 2 fully saturated rings. The third-order valence-corrected chi connectivity index (χ3v) is 6.00. The lowest BCUT2D eigenvalue weighted by molar-refractivity contribution is 0.301. The average molecular weight is 321 g/mol. The molecule has 2 atom stereocenters. The third kappa shape index (κ3) is 4.16. The van der Waals surface area contributed by atoms with Crippen LogP contribution < -0.4 is 5.32 Å². The third-order valence-electron chi connectivity index (χ3n) is 4.38. The van der Waals surface area contributed by atoms with Gasteiger partial charge in [-0.15, -0.1) is 0 Å². The molecule has 2 aliphatic rings. The van der Waals surface area contributed by atoms with Gasteiger partial charge in [0, 0.05) is 22.1 Å². The van der Waals surface area contributed by atoms with Gasteiger partial charge in [0.1, 0.15) is 5.54 Å². The van der Waals surface area contributed by atoms with Crippen LogP contribution in [0.5, 0.6) is 0 Å². The second kappa shape index (κ2) is 6.60. The average Bonchev–Trinajstić information content (AvgIpc) is 3.31. The van der Waals surface area contributed by atoms with Crippen molar-refractivity contribution in [2.24, 2.45) is 0 Å². The van der Waals surface area contributed by atoms with E-state index in [4.69, 9.17) is 11.6 Å². The lowest BCUT2D eigenvalue weighted by Gasteiger charge is -2.36. The van der Waals surface area contributed by atoms with E-state index in [0.717, 1.165) is 30.0 Å². The normalized spacial score (nSPS) is 29.0. The highest BCUT2D eigenvalue weighted by Gasteiger charge is 2.40. The molecule has 2 saturated carbocycles. The van der Waals surface area contributed by atoms with E-state index in [2.05, 4.69) is 23.5 Å². The molecule has 4 heteroatoms. The highest BCUT2D eigenvalue weighted by molar-refractivity contribution is 7.99. The van der Waals surface area contributed by atoms with E-state index in [0.29, 0.717) is 11.3 Å². The minimum Gasteiger partial charge on any atom is -0.297 e. The molecule has 0 spiro atoms. The van der Waals surface area contributed by atoms with Gasteiger partial charge in [-0.1, -0.05) is 23.7 Å². The van der Waals surface area contributed by atoms with E-state index < -0.39 is 0 Å². The van der Waals surface area contributed by atoms with E-state index in [9.17, 15) is 5.26 Å². The molecule has 1 aromatic rings. The Kier molecular flexibility index (Phi) is 4.78. The lowest BCUT2D eigenvalue weighted by Crippen LogP contribution is -2.49. The Morgan fingerprint density at radius 1 is 1.29 bits per heavy atom. The summed E-state index contributed by atoms with van der Waals surface area (Å²) in [6.07, 6.45) is 6.87. The molecule has 0 saturated heterocycles. The molecule has 0 aromatic heterocycles. The van der Waals surface area contributed by atoms with Gasteiger partial charge in [0.05, 0.1) is 6.07 Å². The summed E-state index contributed by atoms with van der Waals surface area (Å²) in [5.41, 5.74) is 1.05. The Hall–Kier alpha value is -0.690. The van der Waals surface area contributed by atoms with E-state index in [1.807, 2.05) is 23.9 Å². The number of nitrogens with zero attached hydrogens (tertiary/aromatic N) is 1. The van der Waals surface area contributed by atoms with Crippen LogP contribution in [-0.2, 0) is 5.75 Å². The van der Waals surface area contributed by atoms with Crippen LogP contribution in [0.1, 0.15) is 44.1 Å². The predicted octanol–water partition coefficient (Wildman–Crippen LogP) is 4.53. The number of hydrogen-bond donors (Lipinski definition) is 1. The minimum absolute atomic E-state index is 0.267. The maximum Gasteiger partial charge on any atom is 0.108 e. The van der Waals surface area contributed by atoms with Crippen molar-refractivity contribution < 1.29 is 0 Å². The van der Waals surface area contributed by atoms with Crippen molar-refractivity contribution in [3.63, 3.8) is 0 Å². The second-order valence-electron chi connectivity index (χ2n) is 6.27. The molecule has 3 rings (SSSR count). The fourth-order valence-corrected chi connectivity index (χ4v) is 4.53.